The lowest BCUT2D eigenvalue weighted by molar-refractivity contribution is 0.0587. The average molecular weight is 589 g/mol. The van der Waals surface area contributed by atoms with Gasteiger partial charge in [-0.05, 0) is 60.8 Å². The molecule has 1 aliphatic rings. The summed E-state index contributed by atoms with van der Waals surface area (Å²) in [5, 5.41) is 6.74. The Balaban J connectivity index is 1.69. The smallest absolute Gasteiger partial charge is 0.339 e. The molecule has 14 heteroatoms. The van der Waals surface area contributed by atoms with Crippen LogP contribution in [0.25, 0.3) is 0 Å². The van der Waals surface area contributed by atoms with Crippen molar-refractivity contribution in [1.29, 1.82) is 0 Å². The maximum Gasteiger partial charge on any atom is 0.339 e. The van der Waals surface area contributed by atoms with E-state index in [9.17, 15) is 19.2 Å². The minimum Gasteiger partial charge on any atom is -0.465 e. The molecule has 0 bridgehead atoms. The third kappa shape index (κ3) is 7.01. The topological polar surface area (TPSA) is 136 Å². The largest absolute Gasteiger partial charge is 0.465 e. The van der Waals surface area contributed by atoms with Gasteiger partial charge in [0, 0.05) is 26.2 Å². The summed E-state index contributed by atoms with van der Waals surface area (Å²) >= 11 is 11.2. The number of hydrogen-bond acceptors (Lipinski definition) is 10. The van der Waals surface area contributed by atoms with Crippen LogP contribution < -0.4 is 10.6 Å². The van der Waals surface area contributed by atoms with Crippen molar-refractivity contribution >= 4 is 69.9 Å². The Labute approximate surface area is 241 Å². The molecule has 0 amide bonds. The molecule has 2 N–H and O–H groups in total. The highest BCUT2D eigenvalue weighted by Gasteiger charge is 2.24. The monoisotopic (exact) mass is 588 g/mol. The first-order valence-corrected chi connectivity index (χ1v) is 12.7. The van der Waals surface area contributed by atoms with E-state index in [1.165, 1.54) is 64.8 Å². The van der Waals surface area contributed by atoms with Gasteiger partial charge < -0.3 is 39.4 Å². The summed E-state index contributed by atoms with van der Waals surface area (Å²) in [6, 6.07) is 8.80. The average Bonchev–Trinajstić information content (AvgIpc) is 2.99. The van der Waals surface area contributed by atoms with Gasteiger partial charge in [0.1, 0.15) is 0 Å². The molecule has 1 fully saturated rings. The standard InChI is InChI=1S/C26H28N4O8S2/c1-35-21(31)15-5-7-17(23(33)37-3)19(13-15)27-25(39)29-9-11-30(12-10-29)26(40)28-20-14-16(22(32)36-2)6-8-18(20)24(34)38-4/h5-8,13-14H,9-12H2,1-4H3,(H,27,39)(H,28,40). The predicted octanol–water partition coefficient (Wildman–Crippen LogP) is 2.54. The Morgan fingerprint density at radius 2 is 0.925 bits per heavy atom. The molecule has 3 rings (SSSR count). The number of methoxy groups -OCH3 is 4. The summed E-state index contributed by atoms with van der Waals surface area (Å²) in [4.78, 5) is 52.3. The first-order valence-electron chi connectivity index (χ1n) is 11.9. The molecule has 1 aliphatic heterocycles. The zero-order valence-corrected chi connectivity index (χ0v) is 23.9. The van der Waals surface area contributed by atoms with Gasteiger partial charge in [0.05, 0.1) is 62.1 Å². The summed E-state index contributed by atoms with van der Waals surface area (Å²) in [6.07, 6.45) is 0. The minimum atomic E-state index is -0.592. The molecule has 12 nitrogen and oxygen atoms in total. The van der Waals surface area contributed by atoms with E-state index in [2.05, 4.69) is 10.6 Å². The van der Waals surface area contributed by atoms with Crippen LogP contribution in [-0.4, -0.2) is 98.5 Å². The van der Waals surface area contributed by atoms with Crippen molar-refractivity contribution in [3.8, 4) is 0 Å². The van der Waals surface area contributed by atoms with Crippen LogP contribution in [0, 0.1) is 0 Å². The normalized spacial score (nSPS) is 12.6. The van der Waals surface area contributed by atoms with Crippen molar-refractivity contribution in [1.82, 2.24) is 9.80 Å². The van der Waals surface area contributed by atoms with Gasteiger partial charge in [0.2, 0.25) is 0 Å². The molecule has 0 spiro atoms. The lowest BCUT2D eigenvalue weighted by Crippen LogP contribution is -2.52. The molecule has 1 heterocycles. The molecule has 0 atom stereocenters. The fourth-order valence-corrected chi connectivity index (χ4v) is 4.45. The van der Waals surface area contributed by atoms with Crippen molar-refractivity contribution in [3.63, 3.8) is 0 Å². The van der Waals surface area contributed by atoms with Crippen LogP contribution in [0.3, 0.4) is 0 Å². The second-order valence-corrected chi connectivity index (χ2v) is 9.09. The Morgan fingerprint density at radius 1 is 0.600 bits per heavy atom. The SMILES string of the molecule is COC(=O)c1ccc(C(=O)OC)c(NC(=S)N2CCN(C(=S)Nc3cc(C(=O)OC)ccc3C(=O)OC)CC2)c1. The molecule has 0 saturated carbocycles. The molecule has 212 valence electrons. The highest BCUT2D eigenvalue weighted by atomic mass is 32.1. The number of esters is 4. The quantitative estimate of drug-likeness (QED) is 0.291. The van der Waals surface area contributed by atoms with Crippen LogP contribution in [0.5, 0.6) is 0 Å². The fraction of sp³-hybridized carbons (Fsp3) is 0.308. The third-order valence-corrected chi connectivity index (χ3v) is 6.75. The first-order chi connectivity index (χ1) is 19.1. The molecule has 1 saturated heterocycles. The molecule has 0 unspecified atom stereocenters. The Kier molecular flexibility index (Phi) is 10.3. The number of hydrogen-bond donors (Lipinski definition) is 2. The van der Waals surface area contributed by atoms with Crippen LogP contribution in [0.4, 0.5) is 11.4 Å². The van der Waals surface area contributed by atoms with E-state index in [0.717, 1.165) is 0 Å². The first kappa shape index (κ1) is 30.2. The number of thiocarbonyl (C=S) groups is 2. The van der Waals surface area contributed by atoms with E-state index < -0.39 is 23.9 Å². The summed E-state index contributed by atoms with van der Waals surface area (Å²) in [6.45, 7) is 1.90. The zero-order chi connectivity index (χ0) is 29.4. The Bertz CT molecular complexity index is 1240. The van der Waals surface area contributed by atoms with Gasteiger partial charge >= 0.3 is 23.9 Å². The molecular weight excluding hydrogens is 560 g/mol. The van der Waals surface area contributed by atoms with E-state index in [1.54, 1.807) is 0 Å². The maximum absolute atomic E-state index is 12.3. The van der Waals surface area contributed by atoms with Crippen LogP contribution in [0.15, 0.2) is 36.4 Å². The number of nitrogens with one attached hydrogen (secondary N) is 2. The van der Waals surface area contributed by atoms with Crippen molar-refractivity contribution in [2.75, 3.05) is 65.3 Å². The third-order valence-electron chi connectivity index (χ3n) is 6.03. The lowest BCUT2D eigenvalue weighted by Gasteiger charge is -2.37. The Hall–Kier alpha value is -4.30. The predicted molar refractivity (Wildman–Crippen MR) is 154 cm³/mol. The number of carbonyl (C=O) groups excluding carboxylic acids is 4. The highest BCUT2D eigenvalue weighted by molar-refractivity contribution is 7.80. The molecule has 0 radical (unpaired) electrons. The fourth-order valence-electron chi connectivity index (χ4n) is 3.86. The highest BCUT2D eigenvalue weighted by Crippen LogP contribution is 2.22. The van der Waals surface area contributed by atoms with E-state index in [1.807, 2.05) is 9.80 Å². The summed E-state index contributed by atoms with van der Waals surface area (Å²) in [5.41, 5.74) is 1.50. The molecular formula is C26H28N4O8S2. The van der Waals surface area contributed by atoms with Gasteiger partial charge in [-0.15, -0.1) is 0 Å². The minimum absolute atomic E-state index is 0.206. The summed E-state index contributed by atoms with van der Waals surface area (Å²) < 4.78 is 19.2. The number of carbonyl (C=O) groups is 4. The second-order valence-electron chi connectivity index (χ2n) is 8.32. The molecule has 40 heavy (non-hydrogen) atoms. The van der Waals surface area contributed by atoms with Crippen LogP contribution in [-0.2, 0) is 18.9 Å². The van der Waals surface area contributed by atoms with Crippen LogP contribution in [0.2, 0.25) is 0 Å². The molecule has 2 aromatic carbocycles. The van der Waals surface area contributed by atoms with Gasteiger partial charge in [-0.1, -0.05) is 0 Å². The van der Waals surface area contributed by atoms with Gasteiger partial charge in [-0.3, -0.25) is 0 Å². The number of rotatable bonds is 6. The Morgan fingerprint density at radius 3 is 1.23 bits per heavy atom. The molecule has 0 aromatic heterocycles. The van der Waals surface area contributed by atoms with E-state index >= 15 is 0 Å². The number of nitrogens with zero attached hydrogens (tertiary/aromatic N) is 2. The van der Waals surface area contributed by atoms with Gasteiger partial charge in [-0.25, -0.2) is 19.2 Å². The van der Waals surface area contributed by atoms with Crippen molar-refractivity contribution in [3.05, 3.63) is 58.7 Å². The van der Waals surface area contributed by atoms with E-state index in [-0.39, 0.29) is 22.3 Å². The van der Waals surface area contributed by atoms with Gasteiger partial charge in [0.25, 0.3) is 0 Å². The number of ether oxygens (including phenoxy) is 4. The number of anilines is 2. The van der Waals surface area contributed by atoms with E-state index in [4.69, 9.17) is 43.4 Å². The van der Waals surface area contributed by atoms with Gasteiger partial charge in [-0.2, -0.15) is 0 Å². The lowest BCUT2D eigenvalue weighted by atomic mass is 10.1. The van der Waals surface area contributed by atoms with Crippen LogP contribution in [0.1, 0.15) is 41.4 Å². The van der Waals surface area contributed by atoms with Gasteiger partial charge in [0.15, 0.2) is 10.2 Å². The maximum atomic E-state index is 12.3. The number of piperazine rings is 1. The second kappa shape index (κ2) is 13.7. The summed E-state index contributed by atoms with van der Waals surface area (Å²) in [5.74, 6) is -2.31. The van der Waals surface area contributed by atoms with Crippen LogP contribution >= 0.6 is 24.4 Å². The summed E-state index contributed by atoms with van der Waals surface area (Å²) in [7, 11) is 5.04. The zero-order valence-electron chi connectivity index (χ0n) is 22.3. The van der Waals surface area contributed by atoms with Crippen molar-refractivity contribution in [2.45, 2.75) is 0 Å². The van der Waals surface area contributed by atoms with Crippen molar-refractivity contribution < 1.29 is 38.1 Å². The van der Waals surface area contributed by atoms with Crippen molar-refractivity contribution in [2.24, 2.45) is 0 Å². The number of benzene rings is 2. The molecule has 2 aromatic rings. The molecule has 0 aliphatic carbocycles. The van der Waals surface area contributed by atoms with E-state index in [0.29, 0.717) is 47.8 Å².